The van der Waals surface area contributed by atoms with Crippen LogP contribution in [0.4, 0.5) is 0 Å². The van der Waals surface area contributed by atoms with Gasteiger partial charge in [-0.1, -0.05) is 6.42 Å². The van der Waals surface area contributed by atoms with Crippen LogP contribution in [-0.2, 0) is 11.2 Å². The second-order valence-electron chi connectivity index (χ2n) is 6.68. The highest BCUT2D eigenvalue weighted by Gasteiger charge is 2.41. The molecule has 3 atom stereocenters. The van der Waals surface area contributed by atoms with Crippen molar-refractivity contribution in [3.05, 3.63) is 16.1 Å². The van der Waals surface area contributed by atoms with Crippen molar-refractivity contribution < 1.29 is 4.79 Å². The van der Waals surface area contributed by atoms with E-state index in [1.54, 1.807) is 11.3 Å². The third kappa shape index (κ3) is 2.28. The number of rotatable bonds is 4. The van der Waals surface area contributed by atoms with Crippen LogP contribution in [0.3, 0.4) is 0 Å². The summed E-state index contributed by atoms with van der Waals surface area (Å²) in [7, 11) is 0. The molecular formula is C16H22N2OS. The Labute approximate surface area is 124 Å². The highest BCUT2D eigenvalue weighted by molar-refractivity contribution is 7.09. The van der Waals surface area contributed by atoms with Crippen molar-refractivity contribution in [2.24, 2.45) is 11.8 Å². The molecule has 1 aliphatic heterocycles. The van der Waals surface area contributed by atoms with E-state index < -0.39 is 0 Å². The van der Waals surface area contributed by atoms with Crippen molar-refractivity contribution in [1.29, 1.82) is 0 Å². The monoisotopic (exact) mass is 290 g/mol. The normalized spacial score (nSPS) is 32.5. The van der Waals surface area contributed by atoms with Crippen molar-refractivity contribution in [3.63, 3.8) is 0 Å². The Morgan fingerprint density at radius 2 is 2.30 bits per heavy atom. The summed E-state index contributed by atoms with van der Waals surface area (Å²) in [6, 6.07) is 0. The van der Waals surface area contributed by atoms with Gasteiger partial charge < -0.3 is 4.90 Å². The number of carbonyl (C=O) groups is 1. The van der Waals surface area contributed by atoms with Crippen LogP contribution in [0.25, 0.3) is 0 Å². The molecule has 2 heterocycles. The van der Waals surface area contributed by atoms with E-state index in [-0.39, 0.29) is 0 Å². The molecule has 20 heavy (non-hydrogen) atoms. The predicted molar refractivity (Wildman–Crippen MR) is 79.8 cm³/mol. The molecular weight excluding hydrogens is 268 g/mol. The fourth-order valence-electron chi connectivity index (χ4n) is 4.39. The molecule has 2 aliphatic carbocycles. The van der Waals surface area contributed by atoms with Gasteiger partial charge in [-0.3, -0.25) is 4.79 Å². The minimum absolute atomic E-state index is 0.329. The van der Waals surface area contributed by atoms with E-state index in [0.717, 1.165) is 50.1 Å². The van der Waals surface area contributed by atoms with Crippen LogP contribution < -0.4 is 0 Å². The zero-order valence-corrected chi connectivity index (χ0v) is 12.7. The lowest BCUT2D eigenvalue weighted by atomic mass is 9.87. The number of carbonyl (C=O) groups excluding carboxylic acids is 1. The van der Waals surface area contributed by atoms with Crippen LogP contribution >= 0.6 is 11.3 Å². The standard InChI is InChI=1S/C16H22N2OS/c19-16-2-1-6-18(16)7-5-15-17-14(10-20-15)13-9-11-3-4-12(13)8-11/h10-13H,1-9H2/t11-,12-,13-/m0/s1. The number of likely N-dealkylation sites (tertiary alicyclic amines) is 1. The molecule has 4 heteroatoms. The van der Waals surface area contributed by atoms with Crippen molar-refractivity contribution in [2.45, 2.75) is 50.9 Å². The molecule has 3 nitrogen and oxygen atoms in total. The molecule has 1 amide bonds. The first kappa shape index (κ1) is 12.8. The molecule has 2 saturated carbocycles. The fraction of sp³-hybridized carbons (Fsp3) is 0.750. The third-order valence-electron chi connectivity index (χ3n) is 5.45. The van der Waals surface area contributed by atoms with E-state index >= 15 is 0 Å². The molecule has 108 valence electrons. The molecule has 3 aliphatic rings. The minimum atomic E-state index is 0.329. The molecule has 4 rings (SSSR count). The van der Waals surface area contributed by atoms with E-state index in [4.69, 9.17) is 4.98 Å². The number of hydrogen-bond donors (Lipinski definition) is 0. The molecule has 1 aromatic heterocycles. The van der Waals surface area contributed by atoms with Gasteiger partial charge in [-0.25, -0.2) is 4.98 Å². The van der Waals surface area contributed by atoms with Gasteiger partial charge in [-0.2, -0.15) is 0 Å². The van der Waals surface area contributed by atoms with E-state index in [9.17, 15) is 4.79 Å². The quantitative estimate of drug-likeness (QED) is 0.853. The first-order valence-corrected chi connectivity index (χ1v) is 8.89. The van der Waals surface area contributed by atoms with Gasteiger partial charge in [0.25, 0.3) is 0 Å². The van der Waals surface area contributed by atoms with Crippen molar-refractivity contribution in [3.8, 4) is 0 Å². The lowest BCUT2D eigenvalue weighted by Crippen LogP contribution is -2.26. The summed E-state index contributed by atoms with van der Waals surface area (Å²) in [6.07, 6.45) is 8.41. The maximum Gasteiger partial charge on any atom is 0.222 e. The molecule has 0 aromatic carbocycles. The average molecular weight is 290 g/mol. The first-order valence-electron chi connectivity index (χ1n) is 8.01. The van der Waals surface area contributed by atoms with E-state index in [2.05, 4.69) is 5.38 Å². The molecule has 0 spiro atoms. The lowest BCUT2D eigenvalue weighted by molar-refractivity contribution is -0.127. The van der Waals surface area contributed by atoms with Crippen LogP contribution in [0, 0.1) is 11.8 Å². The van der Waals surface area contributed by atoms with Gasteiger partial charge in [0.05, 0.1) is 10.7 Å². The van der Waals surface area contributed by atoms with E-state index in [1.807, 2.05) is 4.90 Å². The van der Waals surface area contributed by atoms with Crippen molar-refractivity contribution in [1.82, 2.24) is 9.88 Å². The third-order valence-corrected chi connectivity index (χ3v) is 6.38. The number of aromatic nitrogens is 1. The van der Waals surface area contributed by atoms with Gasteiger partial charge in [0, 0.05) is 37.2 Å². The molecule has 0 unspecified atom stereocenters. The summed E-state index contributed by atoms with van der Waals surface area (Å²) >= 11 is 1.80. The maximum atomic E-state index is 11.6. The predicted octanol–water partition coefficient (Wildman–Crippen LogP) is 3.21. The van der Waals surface area contributed by atoms with Crippen LogP contribution in [0.5, 0.6) is 0 Å². The van der Waals surface area contributed by atoms with Crippen molar-refractivity contribution >= 4 is 17.2 Å². The van der Waals surface area contributed by atoms with Crippen LogP contribution in [0.15, 0.2) is 5.38 Å². The van der Waals surface area contributed by atoms with Crippen LogP contribution in [0.1, 0.15) is 55.1 Å². The van der Waals surface area contributed by atoms with Crippen LogP contribution in [0.2, 0.25) is 0 Å². The Bertz CT molecular complexity index is 512. The smallest absolute Gasteiger partial charge is 0.222 e. The number of hydrogen-bond acceptors (Lipinski definition) is 3. The lowest BCUT2D eigenvalue weighted by Gasteiger charge is -2.19. The van der Waals surface area contributed by atoms with Crippen molar-refractivity contribution in [2.75, 3.05) is 13.1 Å². The second-order valence-corrected chi connectivity index (χ2v) is 7.62. The minimum Gasteiger partial charge on any atom is -0.342 e. The summed E-state index contributed by atoms with van der Waals surface area (Å²) in [5, 5.41) is 3.51. The molecule has 1 saturated heterocycles. The summed E-state index contributed by atoms with van der Waals surface area (Å²) in [5.41, 5.74) is 1.35. The van der Waals surface area contributed by atoms with Gasteiger partial charge in [-0.15, -0.1) is 11.3 Å². The zero-order valence-electron chi connectivity index (χ0n) is 11.9. The topological polar surface area (TPSA) is 33.2 Å². The van der Waals surface area contributed by atoms with E-state index in [0.29, 0.717) is 5.91 Å². The molecule has 0 radical (unpaired) electrons. The highest BCUT2D eigenvalue weighted by atomic mass is 32.1. The Kier molecular flexibility index (Phi) is 3.29. The number of nitrogens with zero attached hydrogens (tertiary/aromatic N) is 2. The van der Waals surface area contributed by atoms with Gasteiger partial charge in [0.15, 0.2) is 0 Å². The summed E-state index contributed by atoms with van der Waals surface area (Å²) in [4.78, 5) is 18.5. The number of thiazole rings is 1. The summed E-state index contributed by atoms with van der Waals surface area (Å²) in [6.45, 7) is 1.81. The largest absolute Gasteiger partial charge is 0.342 e. The van der Waals surface area contributed by atoms with Gasteiger partial charge in [-0.05, 0) is 37.5 Å². The Hall–Kier alpha value is -0.900. The molecule has 3 fully saturated rings. The Balaban J connectivity index is 1.37. The van der Waals surface area contributed by atoms with Gasteiger partial charge >= 0.3 is 0 Å². The van der Waals surface area contributed by atoms with Gasteiger partial charge in [0.2, 0.25) is 5.91 Å². The fourth-order valence-corrected chi connectivity index (χ4v) is 5.24. The molecule has 2 bridgehead atoms. The molecule has 1 aromatic rings. The first-order chi connectivity index (χ1) is 9.79. The maximum absolute atomic E-state index is 11.6. The highest BCUT2D eigenvalue weighted by Crippen LogP contribution is 2.52. The molecule has 0 N–H and O–H groups in total. The van der Waals surface area contributed by atoms with Crippen LogP contribution in [-0.4, -0.2) is 28.9 Å². The Morgan fingerprint density at radius 1 is 1.35 bits per heavy atom. The van der Waals surface area contributed by atoms with Gasteiger partial charge in [0.1, 0.15) is 0 Å². The van der Waals surface area contributed by atoms with E-state index in [1.165, 1.54) is 36.4 Å². The number of fused-ring (bicyclic) bond motifs is 2. The SMILES string of the molecule is O=C1CCCN1CCc1nc([C@H]2C[C@H]3CC[C@H]2C3)cs1. The summed E-state index contributed by atoms with van der Waals surface area (Å²) in [5.74, 6) is 2.97. The zero-order chi connectivity index (χ0) is 13.5. The summed E-state index contributed by atoms with van der Waals surface area (Å²) < 4.78 is 0. The Morgan fingerprint density at radius 3 is 3.00 bits per heavy atom. The number of amides is 1. The second kappa shape index (κ2) is 5.14. The average Bonchev–Trinajstić information content (AvgIpc) is 3.21.